The number of thiophene rings is 2. The van der Waals surface area contributed by atoms with Gasteiger partial charge in [-0.2, -0.15) is 0 Å². The van der Waals surface area contributed by atoms with Crippen LogP contribution in [0.5, 0.6) is 11.5 Å². The van der Waals surface area contributed by atoms with Crippen LogP contribution in [0.3, 0.4) is 0 Å². The molecular weight excluding hydrogens is 749 g/mol. The second-order valence-corrected chi connectivity index (χ2v) is 17.4. The third-order valence-electron chi connectivity index (χ3n) is 10.4. The molecule has 2 aromatic heterocycles. The van der Waals surface area contributed by atoms with E-state index in [-0.39, 0.29) is 12.1 Å². The normalized spacial score (nSPS) is 12.5. The van der Waals surface area contributed by atoms with E-state index >= 15 is 0 Å². The molecule has 2 heterocycles. The summed E-state index contributed by atoms with van der Waals surface area (Å²) in [4.78, 5) is 29.2. The van der Waals surface area contributed by atoms with Crippen molar-refractivity contribution in [3.8, 4) is 32.4 Å². The third-order valence-corrected chi connectivity index (χ3v) is 12.6. The lowest BCUT2D eigenvalue weighted by molar-refractivity contribution is 0.238. The first kappa shape index (κ1) is 43.8. The van der Waals surface area contributed by atoms with Gasteiger partial charge in [0, 0.05) is 45.7 Å². The van der Waals surface area contributed by atoms with Crippen LogP contribution in [-0.2, 0) is 0 Å². The Morgan fingerprint density at radius 2 is 0.930 bits per heavy atom. The SMILES string of the molecule is CCCCCCNC(=O)NCCCOc1ccc(-c2cc(C3=C(c4cc(-c5ccc(OCCCNC(=O)NCCCCCC)cc5)sc4C)CCC3)c(C)s2)cc1. The summed E-state index contributed by atoms with van der Waals surface area (Å²) < 4.78 is 12.0. The molecule has 57 heavy (non-hydrogen) atoms. The highest BCUT2D eigenvalue weighted by Crippen LogP contribution is 2.47. The first-order valence-electron chi connectivity index (χ1n) is 21.3. The van der Waals surface area contributed by atoms with Gasteiger partial charge in [-0.15, -0.1) is 22.7 Å². The molecule has 0 unspecified atom stereocenters. The van der Waals surface area contributed by atoms with Gasteiger partial charge in [0.2, 0.25) is 0 Å². The number of hydrogen-bond donors (Lipinski definition) is 4. The lowest BCUT2D eigenvalue weighted by Gasteiger charge is -2.09. The Kier molecular flexibility index (Phi) is 18.3. The van der Waals surface area contributed by atoms with Gasteiger partial charge in [-0.1, -0.05) is 52.4 Å². The smallest absolute Gasteiger partial charge is 0.314 e. The van der Waals surface area contributed by atoms with Crippen molar-refractivity contribution in [3.05, 3.63) is 81.5 Å². The van der Waals surface area contributed by atoms with E-state index in [9.17, 15) is 9.59 Å². The fraction of sp³-hybridized carbons (Fsp3) is 0.489. The Bertz CT molecular complexity index is 1730. The first-order valence-corrected chi connectivity index (χ1v) is 22.9. The zero-order valence-electron chi connectivity index (χ0n) is 34.7. The summed E-state index contributed by atoms with van der Waals surface area (Å²) in [6, 6.07) is 21.4. The summed E-state index contributed by atoms with van der Waals surface area (Å²) in [5.74, 6) is 1.69. The van der Waals surface area contributed by atoms with Crippen molar-refractivity contribution < 1.29 is 19.1 Å². The van der Waals surface area contributed by atoms with Crippen LogP contribution in [0.4, 0.5) is 9.59 Å². The fourth-order valence-corrected chi connectivity index (χ4v) is 9.28. The molecule has 0 spiro atoms. The number of aryl methyl sites for hydroxylation is 2. The predicted molar refractivity (Wildman–Crippen MR) is 241 cm³/mol. The molecule has 4 amide bonds. The average molecular weight is 813 g/mol. The number of ether oxygens (including phenoxy) is 2. The summed E-state index contributed by atoms with van der Waals surface area (Å²) in [5, 5.41) is 11.7. The number of allylic oxidation sites excluding steroid dienone is 2. The molecule has 0 saturated carbocycles. The maximum atomic E-state index is 12.0. The van der Waals surface area contributed by atoms with E-state index in [4.69, 9.17) is 9.47 Å². The van der Waals surface area contributed by atoms with Crippen LogP contribution >= 0.6 is 22.7 Å². The van der Waals surface area contributed by atoms with E-state index in [0.29, 0.717) is 26.3 Å². The standard InChI is InChI=1S/C47H64N4O4S2/c1-5-7-9-11-26-48-46(52)50-28-14-30-54-38-22-18-36(19-23-38)44-32-42(34(3)56-44)40-16-13-17-41(40)43-33-45(57-35(43)4)37-20-24-39(25-21-37)55-31-15-29-51-47(53)49-27-12-10-8-6-2/h18-25,32-33H,5-17,26-31H2,1-4H3,(H2,48,50,52)(H2,49,51,53). The van der Waals surface area contributed by atoms with Crippen molar-refractivity contribution >= 4 is 45.9 Å². The number of hydrogen-bond acceptors (Lipinski definition) is 6. The van der Waals surface area contributed by atoms with Crippen molar-refractivity contribution in [1.82, 2.24) is 21.3 Å². The van der Waals surface area contributed by atoms with Gasteiger partial charge < -0.3 is 30.7 Å². The number of nitrogens with one attached hydrogen (secondary N) is 4. The molecule has 8 nitrogen and oxygen atoms in total. The molecule has 0 bridgehead atoms. The topological polar surface area (TPSA) is 101 Å². The van der Waals surface area contributed by atoms with Crippen LogP contribution < -0.4 is 30.7 Å². The Morgan fingerprint density at radius 3 is 1.32 bits per heavy atom. The molecule has 0 aliphatic heterocycles. The van der Waals surface area contributed by atoms with Crippen LogP contribution in [0.1, 0.15) is 118 Å². The van der Waals surface area contributed by atoms with E-state index in [0.717, 1.165) is 76.0 Å². The van der Waals surface area contributed by atoms with Crippen molar-refractivity contribution in [3.63, 3.8) is 0 Å². The Morgan fingerprint density at radius 1 is 0.544 bits per heavy atom. The maximum Gasteiger partial charge on any atom is 0.314 e. The highest BCUT2D eigenvalue weighted by Gasteiger charge is 2.23. The lowest BCUT2D eigenvalue weighted by atomic mass is 9.96. The molecule has 4 aromatic rings. The highest BCUT2D eigenvalue weighted by molar-refractivity contribution is 7.16. The number of carbonyl (C=O) groups is 2. The summed E-state index contributed by atoms with van der Waals surface area (Å²) in [5.41, 5.74) is 8.15. The molecule has 1 aliphatic carbocycles. The number of amides is 4. The fourth-order valence-electron chi connectivity index (χ4n) is 7.18. The van der Waals surface area contributed by atoms with Crippen LogP contribution in [0, 0.1) is 13.8 Å². The summed E-state index contributed by atoms with van der Waals surface area (Å²) in [6.45, 7) is 12.6. The molecule has 10 heteroatoms. The predicted octanol–water partition coefficient (Wildman–Crippen LogP) is 12.2. The van der Waals surface area contributed by atoms with Crippen molar-refractivity contribution in [1.29, 1.82) is 0 Å². The average Bonchev–Trinajstić information content (AvgIpc) is 3.96. The van der Waals surface area contributed by atoms with E-state index < -0.39 is 0 Å². The van der Waals surface area contributed by atoms with Gasteiger partial charge >= 0.3 is 12.1 Å². The number of rotatable bonds is 24. The van der Waals surface area contributed by atoms with Crippen molar-refractivity contribution in [2.24, 2.45) is 0 Å². The Hall–Kier alpha value is -4.28. The molecule has 0 saturated heterocycles. The van der Waals surface area contributed by atoms with Gasteiger partial charge in [0.05, 0.1) is 13.2 Å². The van der Waals surface area contributed by atoms with Gasteiger partial charge in [-0.05, 0) is 153 Å². The maximum absolute atomic E-state index is 12.0. The van der Waals surface area contributed by atoms with Crippen molar-refractivity contribution in [2.45, 2.75) is 111 Å². The van der Waals surface area contributed by atoms with Crippen LogP contribution in [0.15, 0.2) is 60.7 Å². The van der Waals surface area contributed by atoms with E-state index in [1.54, 1.807) is 0 Å². The van der Waals surface area contributed by atoms with Gasteiger partial charge in [0.25, 0.3) is 0 Å². The van der Waals surface area contributed by atoms with Crippen molar-refractivity contribution in [2.75, 3.05) is 39.4 Å². The molecule has 5 rings (SSSR count). The molecule has 4 N–H and O–H groups in total. The monoisotopic (exact) mass is 812 g/mol. The number of unbranched alkanes of at least 4 members (excludes halogenated alkanes) is 6. The zero-order valence-corrected chi connectivity index (χ0v) is 36.3. The summed E-state index contributed by atoms with van der Waals surface area (Å²) in [7, 11) is 0. The molecule has 0 radical (unpaired) electrons. The largest absolute Gasteiger partial charge is 0.494 e. The quantitative estimate of drug-likeness (QED) is 0.0529. The third kappa shape index (κ3) is 14.0. The summed E-state index contributed by atoms with van der Waals surface area (Å²) in [6.07, 6.45) is 14.1. The molecule has 0 atom stereocenters. The van der Waals surface area contributed by atoms with Crippen LogP contribution in [0.2, 0.25) is 0 Å². The molecule has 0 fully saturated rings. The van der Waals surface area contributed by atoms with Gasteiger partial charge in [0.15, 0.2) is 0 Å². The lowest BCUT2D eigenvalue weighted by Crippen LogP contribution is -2.36. The first-order chi connectivity index (χ1) is 27.9. The van der Waals surface area contributed by atoms with Crippen LogP contribution in [0.25, 0.3) is 32.0 Å². The van der Waals surface area contributed by atoms with Gasteiger partial charge in [0.1, 0.15) is 11.5 Å². The summed E-state index contributed by atoms with van der Waals surface area (Å²) >= 11 is 3.73. The minimum atomic E-state index is -0.0985. The number of benzene rings is 2. The molecule has 2 aromatic carbocycles. The second kappa shape index (κ2) is 23.8. The second-order valence-electron chi connectivity index (χ2n) is 14.9. The zero-order chi connectivity index (χ0) is 40.2. The number of urea groups is 2. The Labute approximate surface area is 349 Å². The molecule has 1 aliphatic rings. The van der Waals surface area contributed by atoms with Gasteiger partial charge in [-0.3, -0.25) is 0 Å². The minimum Gasteiger partial charge on any atom is -0.494 e. The molecule has 308 valence electrons. The van der Waals surface area contributed by atoms with E-state index in [2.05, 4.69) is 85.4 Å². The van der Waals surface area contributed by atoms with Crippen LogP contribution in [-0.4, -0.2) is 51.5 Å². The Balaban J connectivity index is 1.10. The highest BCUT2D eigenvalue weighted by atomic mass is 32.1. The van der Waals surface area contributed by atoms with E-state index in [1.807, 2.05) is 46.9 Å². The van der Waals surface area contributed by atoms with Gasteiger partial charge in [-0.25, -0.2) is 9.59 Å². The molecular formula is C47H64N4O4S2. The van der Waals surface area contributed by atoms with E-state index in [1.165, 1.54) is 85.0 Å². The minimum absolute atomic E-state index is 0.0985. The number of carbonyl (C=O) groups excluding carboxylic acids is 2.